The molecular weight excluding hydrogens is 230 g/mol. The van der Waals surface area contributed by atoms with Gasteiger partial charge in [-0.15, -0.1) is 0 Å². The van der Waals surface area contributed by atoms with Crippen molar-refractivity contribution in [1.29, 1.82) is 0 Å². The molecule has 0 radical (unpaired) electrons. The van der Waals surface area contributed by atoms with Gasteiger partial charge in [0, 0.05) is 10.7 Å². The summed E-state index contributed by atoms with van der Waals surface area (Å²) in [6, 6.07) is 7.67. The molecule has 0 aliphatic carbocycles. The van der Waals surface area contributed by atoms with Crippen LogP contribution >= 0.6 is 23.8 Å². The molecule has 1 heterocycles. The number of hydrogen-bond acceptors (Lipinski definition) is 2. The minimum absolute atomic E-state index is 0.739. The Bertz CT molecular complexity index is 365. The zero-order chi connectivity index (χ0) is 10.8. The molecule has 1 aliphatic rings. The van der Waals surface area contributed by atoms with E-state index in [1.54, 1.807) is 0 Å². The molecule has 80 valence electrons. The smallest absolute Gasteiger partial charge is 0.175 e. The number of nitrogens with zero attached hydrogens (tertiary/aromatic N) is 2. The molecule has 0 atom stereocenters. The third kappa shape index (κ3) is 2.40. The summed E-state index contributed by atoms with van der Waals surface area (Å²) in [6.07, 6.45) is 0. The van der Waals surface area contributed by atoms with Gasteiger partial charge in [-0.3, -0.25) is 4.90 Å². The highest BCUT2D eigenvalue weighted by atomic mass is 35.5. The quantitative estimate of drug-likeness (QED) is 0.757. The molecule has 3 nitrogen and oxygen atoms in total. The molecule has 0 aromatic heterocycles. The van der Waals surface area contributed by atoms with Crippen LogP contribution in [0.5, 0.6) is 0 Å². The molecule has 1 N–H and O–H groups in total. The summed E-state index contributed by atoms with van der Waals surface area (Å²) in [4.78, 5) is 4.18. The van der Waals surface area contributed by atoms with E-state index in [-0.39, 0.29) is 0 Å². The lowest BCUT2D eigenvalue weighted by molar-refractivity contribution is 0.319. The number of halogens is 1. The van der Waals surface area contributed by atoms with Gasteiger partial charge in [-0.1, -0.05) is 11.6 Å². The van der Waals surface area contributed by atoms with Crippen LogP contribution in [0.3, 0.4) is 0 Å². The molecule has 2 rings (SSSR count). The molecule has 0 spiro atoms. The minimum Gasteiger partial charge on any atom is -0.349 e. The lowest BCUT2D eigenvalue weighted by Crippen LogP contribution is -2.54. The molecule has 1 aromatic carbocycles. The fourth-order valence-electron chi connectivity index (χ4n) is 1.47. The van der Waals surface area contributed by atoms with Crippen molar-refractivity contribution < 1.29 is 0 Å². The van der Waals surface area contributed by atoms with Gasteiger partial charge in [0.05, 0.1) is 13.3 Å². The molecular formula is C10H12ClN3S. The van der Waals surface area contributed by atoms with Crippen molar-refractivity contribution in [2.45, 2.75) is 0 Å². The van der Waals surface area contributed by atoms with Crippen molar-refractivity contribution in [3.63, 3.8) is 0 Å². The lowest BCUT2D eigenvalue weighted by atomic mass is 10.3. The summed E-state index contributed by atoms with van der Waals surface area (Å²) in [5, 5.41) is 4.64. The van der Waals surface area contributed by atoms with Gasteiger partial charge in [0.15, 0.2) is 5.11 Å². The minimum atomic E-state index is 0.739. The topological polar surface area (TPSA) is 18.5 Å². The Balaban J connectivity index is 2.21. The monoisotopic (exact) mass is 241 g/mol. The molecule has 0 saturated carbocycles. The normalized spacial score (nSPS) is 17.7. The van der Waals surface area contributed by atoms with Crippen LogP contribution in [0.1, 0.15) is 0 Å². The molecule has 1 aromatic rings. The summed E-state index contributed by atoms with van der Waals surface area (Å²) < 4.78 is 0. The van der Waals surface area contributed by atoms with Gasteiger partial charge in [-0.05, 0) is 43.5 Å². The first kappa shape index (κ1) is 10.7. The number of benzene rings is 1. The predicted molar refractivity (Wildman–Crippen MR) is 67.2 cm³/mol. The largest absolute Gasteiger partial charge is 0.349 e. The summed E-state index contributed by atoms with van der Waals surface area (Å²) >= 11 is 11.1. The highest BCUT2D eigenvalue weighted by Gasteiger charge is 2.18. The maximum atomic E-state index is 5.84. The first-order chi connectivity index (χ1) is 7.16. The Morgan fingerprint density at radius 1 is 1.33 bits per heavy atom. The van der Waals surface area contributed by atoms with Crippen LogP contribution < -0.4 is 10.2 Å². The van der Waals surface area contributed by atoms with Crippen LogP contribution in [-0.2, 0) is 0 Å². The summed E-state index contributed by atoms with van der Waals surface area (Å²) in [6.45, 7) is 1.59. The van der Waals surface area contributed by atoms with Crippen molar-refractivity contribution in [3.8, 4) is 0 Å². The Labute approximate surface area is 99.6 Å². The molecule has 0 unspecified atom stereocenters. The molecule has 0 amide bonds. The Hall–Kier alpha value is -0.840. The second-order valence-electron chi connectivity index (χ2n) is 3.54. The first-order valence-corrected chi connectivity index (χ1v) is 5.45. The second-order valence-corrected chi connectivity index (χ2v) is 4.37. The van der Waals surface area contributed by atoms with E-state index in [0.717, 1.165) is 29.2 Å². The summed E-state index contributed by atoms with van der Waals surface area (Å²) in [5.41, 5.74) is 1.06. The zero-order valence-corrected chi connectivity index (χ0v) is 9.98. The van der Waals surface area contributed by atoms with E-state index in [1.807, 2.05) is 36.2 Å². The van der Waals surface area contributed by atoms with E-state index in [1.165, 1.54) is 0 Å². The molecule has 15 heavy (non-hydrogen) atoms. The standard InChI is InChI=1S/C10H12ClN3S/c1-13-6-12-10(15)14(7-13)9-4-2-8(11)3-5-9/h2-5H,6-7H2,1H3,(H,12,15). The second kappa shape index (κ2) is 4.35. The van der Waals surface area contributed by atoms with Gasteiger partial charge < -0.3 is 10.2 Å². The van der Waals surface area contributed by atoms with E-state index >= 15 is 0 Å². The lowest BCUT2D eigenvalue weighted by Gasteiger charge is -2.35. The van der Waals surface area contributed by atoms with E-state index in [2.05, 4.69) is 10.2 Å². The van der Waals surface area contributed by atoms with Crippen LogP contribution in [0, 0.1) is 0 Å². The maximum Gasteiger partial charge on any atom is 0.175 e. The highest BCUT2D eigenvalue weighted by molar-refractivity contribution is 7.80. The average Bonchev–Trinajstić information content (AvgIpc) is 2.23. The summed E-state index contributed by atoms with van der Waals surface area (Å²) in [5.74, 6) is 0. The van der Waals surface area contributed by atoms with Crippen LogP contribution in [0.2, 0.25) is 5.02 Å². The molecule has 0 bridgehead atoms. The van der Waals surface area contributed by atoms with Crippen molar-refractivity contribution in [3.05, 3.63) is 29.3 Å². The molecule has 1 aliphatic heterocycles. The van der Waals surface area contributed by atoms with Gasteiger partial charge in [0.25, 0.3) is 0 Å². The number of anilines is 1. The van der Waals surface area contributed by atoms with Crippen molar-refractivity contribution in [2.75, 3.05) is 25.3 Å². The third-order valence-electron chi connectivity index (χ3n) is 2.27. The van der Waals surface area contributed by atoms with Gasteiger partial charge in [0.2, 0.25) is 0 Å². The third-order valence-corrected chi connectivity index (χ3v) is 2.88. The van der Waals surface area contributed by atoms with Crippen LogP contribution in [-0.4, -0.2) is 30.4 Å². The highest BCUT2D eigenvalue weighted by Crippen LogP contribution is 2.19. The number of thiocarbonyl (C=S) groups is 1. The molecule has 5 heteroatoms. The van der Waals surface area contributed by atoms with Gasteiger partial charge in [-0.25, -0.2) is 0 Å². The van der Waals surface area contributed by atoms with Gasteiger partial charge in [-0.2, -0.15) is 0 Å². The van der Waals surface area contributed by atoms with Crippen LogP contribution in [0.25, 0.3) is 0 Å². The predicted octanol–water partition coefficient (Wildman–Crippen LogP) is 1.88. The molecule has 1 saturated heterocycles. The number of hydrogen-bond donors (Lipinski definition) is 1. The SMILES string of the molecule is CN1CNC(=S)N(c2ccc(Cl)cc2)C1. The average molecular weight is 242 g/mol. The van der Waals surface area contributed by atoms with Gasteiger partial charge in [0.1, 0.15) is 0 Å². The molecule has 1 fully saturated rings. The fraction of sp³-hybridized carbons (Fsp3) is 0.300. The Kier molecular flexibility index (Phi) is 3.09. The first-order valence-electron chi connectivity index (χ1n) is 4.66. The van der Waals surface area contributed by atoms with Crippen LogP contribution in [0.15, 0.2) is 24.3 Å². The van der Waals surface area contributed by atoms with Crippen LogP contribution in [0.4, 0.5) is 5.69 Å². The zero-order valence-electron chi connectivity index (χ0n) is 8.40. The van der Waals surface area contributed by atoms with E-state index in [4.69, 9.17) is 23.8 Å². The van der Waals surface area contributed by atoms with Gasteiger partial charge >= 0.3 is 0 Å². The van der Waals surface area contributed by atoms with Crippen molar-refractivity contribution >= 4 is 34.6 Å². The number of nitrogens with one attached hydrogen (secondary N) is 1. The van der Waals surface area contributed by atoms with Crippen molar-refractivity contribution in [2.24, 2.45) is 0 Å². The Morgan fingerprint density at radius 2 is 2.00 bits per heavy atom. The van der Waals surface area contributed by atoms with E-state index in [9.17, 15) is 0 Å². The number of rotatable bonds is 1. The summed E-state index contributed by atoms with van der Waals surface area (Å²) in [7, 11) is 2.04. The Morgan fingerprint density at radius 3 is 2.67 bits per heavy atom. The van der Waals surface area contributed by atoms with E-state index < -0.39 is 0 Å². The fourth-order valence-corrected chi connectivity index (χ4v) is 1.83. The maximum absolute atomic E-state index is 5.84. The van der Waals surface area contributed by atoms with E-state index in [0.29, 0.717) is 0 Å². The van der Waals surface area contributed by atoms with Crippen molar-refractivity contribution in [1.82, 2.24) is 10.2 Å².